The van der Waals surface area contributed by atoms with E-state index in [0.29, 0.717) is 0 Å². The van der Waals surface area contributed by atoms with Gasteiger partial charge in [0.05, 0.1) is 14.3 Å². The van der Waals surface area contributed by atoms with E-state index in [1.165, 1.54) is 7.11 Å². The molecule has 0 aliphatic rings. The standard InChI is InChI=1S/C9H7I3O3/c1-14-7(13)4-15-9-6(11)3-2-5(10)8(9)12/h2-3H,4H2,1H3. The number of halogens is 3. The molecule has 0 saturated heterocycles. The summed E-state index contributed by atoms with van der Waals surface area (Å²) < 4.78 is 13.0. The van der Waals surface area contributed by atoms with E-state index < -0.39 is 0 Å². The van der Waals surface area contributed by atoms with Gasteiger partial charge in [-0.25, -0.2) is 4.79 Å². The van der Waals surface area contributed by atoms with Crippen molar-refractivity contribution in [3.8, 4) is 5.75 Å². The second-order valence-corrected chi connectivity index (χ2v) is 5.94. The molecule has 0 heterocycles. The Morgan fingerprint density at radius 1 is 1.27 bits per heavy atom. The summed E-state index contributed by atoms with van der Waals surface area (Å²) in [5.41, 5.74) is 0. The van der Waals surface area contributed by atoms with Crippen LogP contribution in [-0.2, 0) is 9.53 Å². The number of methoxy groups -OCH3 is 1. The van der Waals surface area contributed by atoms with Crippen LogP contribution in [-0.4, -0.2) is 19.7 Å². The molecule has 0 spiro atoms. The molecule has 0 aliphatic heterocycles. The molecule has 0 fully saturated rings. The van der Waals surface area contributed by atoms with Crippen LogP contribution in [0.25, 0.3) is 0 Å². The average Bonchev–Trinajstić information content (AvgIpc) is 2.23. The number of benzene rings is 1. The van der Waals surface area contributed by atoms with Crippen LogP contribution in [0.15, 0.2) is 12.1 Å². The Balaban J connectivity index is 2.84. The van der Waals surface area contributed by atoms with E-state index >= 15 is 0 Å². The van der Waals surface area contributed by atoms with Gasteiger partial charge in [-0.3, -0.25) is 0 Å². The zero-order valence-corrected chi connectivity index (χ0v) is 14.2. The fourth-order valence-corrected chi connectivity index (χ4v) is 3.00. The van der Waals surface area contributed by atoms with Crippen molar-refractivity contribution in [3.05, 3.63) is 22.8 Å². The van der Waals surface area contributed by atoms with Crippen molar-refractivity contribution in [2.75, 3.05) is 13.7 Å². The van der Waals surface area contributed by atoms with Gasteiger partial charge in [0, 0.05) is 3.57 Å². The number of hydrogen-bond donors (Lipinski definition) is 0. The Morgan fingerprint density at radius 2 is 1.87 bits per heavy atom. The lowest BCUT2D eigenvalue weighted by molar-refractivity contribution is -0.142. The van der Waals surface area contributed by atoms with E-state index in [1.807, 2.05) is 12.1 Å². The lowest BCUT2D eigenvalue weighted by Gasteiger charge is -2.10. The highest BCUT2D eigenvalue weighted by molar-refractivity contribution is 14.1. The zero-order valence-electron chi connectivity index (χ0n) is 7.72. The van der Waals surface area contributed by atoms with Gasteiger partial charge in [-0.15, -0.1) is 0 Å². The first-order chi connectivity index (χ1) is 7.06. The Bertz CT molecular complexity index is 379. The van der Waals surface area contributed by atoms with Gasteiger partial charge in [0.15, 0.2) is 6.61 Å². The zero-order chi connectivity index (χ0) is 11.4. The van der Waals surface area contributed by atoms with Crippen molar-refractivity contribution < 1.29 is 14.3 Å². The quantitative estimate of drug-likeness (QED) is 0.334. The van der Waals surface area contributed by atoms with Crippen molar-refractivity contribution in [1.82, 2.24) is 0 Å². The molecule has 1 aromatic carbocycles. The normalized spacial score (nSPS) is 9.87. The molecule has 0 saturated carbocycles. The van der Waals surface area contributed by atoms with Crippen LogP contribution in [0.3, 0.4) is 0 Å². The smallest absolute Gasteiger partial charge is 0.343 e. The molecule has 1 rings (SSSR count). The minimum atomic E-state index is -0.375. The van der Waals surface area contributed by atoms with Gasteiger partial charge in [0.1, 0.15) is 5.75 Å². The summed E-state index contributed by atoms with van der Waals surface area (Å²) in [7, 11) is 1.34. The molecule has 0 aliphatic carbocycles. The van der Waals surface area contributed by atoms with Gasteiger partial charge in [-0.05, 0) is 79.9 Å². The van der Waals surface area contributed by atoms with E-state index in [9.17, 15) is 4.79 Å². The van der Waals surface area contributed by atoms with Crippen LogP contribution in [0.2, 0.25) is 0 Å². The fourth-order valence-electron chi connectivity index (χ4n) is 0.831. The Morgan fingerprint density at radius 3 is 2.47 bits per heavy atom. The van der Waals surface area contributed by atoms with E-state index in [4.69, 9.17) is 4.74 Å². The summed E-state index contributed by atoms with van der Waals surface area (Å²) in [4.78, 5) is 10.9. The number of carbonyl (C=O) groups excluding carboxylic acids is 1. The first kappa shape index (κ1) is 13.7. The molecular formula is C9H7I3O3. The number of rotatable bonds is 3. The maximum absolute atomic E-state index is 10.9. The summed E-state index contributed by atoms with van der Waals surface area (Å²) >= 11 is 6.60. The maximum Gasteiger partial charge on any atom is 0.343 e. The van der Waals surface area contributed by atoms with Crippen LogP contribution in [0.1, 0.15) is 0 Å². The molecule has 0 amide bonds. The third-order valence-electron chi connectivity index (χ3n) is 1.56. The molecule has 15 heavy (non-hydrogen) atoms. The first-order valence-corrected chi connectivity index (χ1v) is 7.13. The second kappa shape index (κ2) is 6.42. The predicted octanol–water partition coefficient (Wildman–Crippen LogP) is 3.05. The predicted molar refractivity (Wildman–Crippen MR) is 82.1 cm³/mol. The molecule has 0 atom stereocenters. The molecule has 0 N–H and O–H groups in total. The highest BCUT2D eigenvalue weighted by Gasteiger charge is 2.11. The van der Waals surface area contributed by atoms with Gasteiger partial charge < -0.3 is 9.47 Å². The summed E-state index contributed by atoms with van der Waals surface area (Å²) in [6, 6.07) is 3.96. The van der Waals surface area contributed by atoms with Crippen LogP contribution in [0, 0.1) is 10.7 Å². The molecule has 0 unspecified atom stereocenters. The highest BCUT2D eigenvalue weighted by Crippen LogP contribution is 2.30. The highest BCUT2D eigenvalue weighted by atomic mass is 127. The average molecular weight is 544 g/mol. The minimum Gasteiger partial charge on any atom is -0.480 e. The van der Waals surface area contributed by atoms with Crippen LogP contribution >= 0.6 is 67.8 Å². The van der Waals surface area contributed by atoms with Crippen molar-refractivity contribution in [2.24, 2.45) is 0 Å². The SMILES string of the molecule is COC(=O)COc1c(I)ccc(I)c1I. The summed E-state index contributed by atoms with van der Waals surface area (Å²) in [6.07, 6.45) is 0. The van der Waals surface area contributed by atoms with E-state index in [0.717, 1.165) is 16.5 Å². The van der Waals surface area contributed by atoms with Gasteiger partial charge in [-0.2, -0.15) is 0 Å². The third kappa shape index (κ3) is 3.88. The number of esters is 1. The van der Waals surface area contributed by atoms with Crippen LogP contribution < -0.4 is 4.74 Å². The Kier molecular flexibility index (Phi) is 5.89. The molecule has 0 bridgehead atoms. The van der Waals surface area contributed by atoms with Crippen molar-refractivity contribution in [2.45, 2.75) is 0 Å². The fraction of sp³-hybridized carbons (Fsp3) is 0.222. The topological polar surface area (TPSA) is 35.5 Å². The largest absolute Gasteiger partial charge is 0.480 e. The van der Waals surface area contributed by atoms with Gasteiger partial charge in [0.2, 0.25) is 0 Å². The Hall–Kier alpha value is 0.680. The molecule has 82 valence electrons. The number of ether oxygens (including phenoxy) is 2. The van der Waals surface area contributed by atoms with Crippen molar-refractivity contribution >= 4 is 73.7 Å². The molecule has 3 nitrogen and oxygen atoms in total. The molecule has 1 aromatic rings. The van der Waals surface area contributed by atoms with E-state index in [1.54, 1.807) is 0 Å². The first-order valence-electron chi connectivity index (χ1n) is 3.89. The lowest BCUT2D eigenvalue weighted by atomic mass is 10.3. The van der Waals surface area contributed by atoms with Crippen LogP contribution in [0.5, 0.6) is 5.75 Å². The third-order valence-corrected chi connectivity index (χ3v) is 5.42. The van der Waals surface area contributed by atoms with Gasteiger partial charge in [-0.1, -0.05) is 0 Å². The number of carbonyl (C=O) groups is 1. The van der Waals surface area contributed by atoms with Crippen molar-refractivity contribution in [3.63, 3.8) is 0 Å². The Labute approximate surface area is 129 Å². The number of hydrogen-bond acceptors (Lipinski definition) is 3. The summed E-state index contributed by atoms with van der Waals surface area (Å²) in [5.74, 6) is 0.369. The van der Waals surface area contributed by atoms with Crippen LogP contribution in [0.4, 0.5) is 0 Å². The van der Waals surface area contributed by atoms with E-state index in [-0.39, 0.29) is 12.6 Å². The van der Waals surface area contributed by atoms with E-state index in [2.05, 4.69) is 72.5 Å². The molecule has 0 aromatic heterocycles. The van der Waals surface area contributed by atoms with Gasteiger partial charge in [0.25, 0.3) is 0 Å². The summed E-state index contributed by atoms with van der Waals surface area (Å²) in [6.45, 7) is -0.0530. The molecule has 0 radical (unpaired) electrons. The summed E-state index contributed by atoms with van der Waals surface area (Å²) in [5, 5.41) is 0. The van der Waals surface area contributed by atoms with Crippen molar-refractivity contribution in [1.29, 1.82) is 0 Å². The monoisotopic (exact) mass is 544 g/mol. The molecule has 6 heteroatoms. The lowest BCUT2D eigenvalue weighted by Crippen LogP contribution is -2.13. The molecular weight excluding hydrogens is 537 g/mol. The maximum atomic E-state index is 10.9. The minimum absolute atomic E-state index is 0.0530. The second-order valence-electron chi connectivity index (χ2n) is 2.54. The van der Waals surface area contributed by atoms with Gasteiger partial charge >= 0.3 is 5.97 Å².